The van der Waals surface area contributed by atoms with E-state index >= 15 is 0 Å². The highest BCUT2D eigenvalue weighted by Crippen LogP contribution is 2.24. The van der Waals surface area contributed by atoms with E-state index in [2.05, 4.69) is 27.3 Å². The summed E-state index contributed by atoms with van der Waals surface area (Å²) < 4.78 is 6.36. The number of nitro groups is 1. The van der Waals surface area contributed by atoms with Crippen LogP contribution in [0.5, 0.6) is 5.75 Å². The molecule has 2 rings (SSSR count). The molecule has 0 aliphatic carbocycles. The Bertz CT molecular complexity index is 630. The van der Waals surface area contributed by atoms with Gasteiger partial charge in [-0.15, -0.1) is 11.3 Å². The number of benzene rings is 1. The Balaban J connectivity index is 1.92. The van der Waals surface area contributed by atoms with Gasteiger partial charge in [0.2, 0.25) is 0 Å². The number of methoxy groups -OCH3 is 1. The fourth-order valence-corrected chi connectivity index (χ4v) is 3.42. The quantitative estimate of drug-likeness (QED) is 0.457. The SMILES string of the molecule is COc1ccc([N+](=O)[O-])cc1CNCCc1ccc(Br)s1. The molecule has 0 fully saturated rings. The van der Waals surface area contributed by atoms with Crippen molar-refractivity contribution in [3.63, 3.8) is 0 Å². The third kappa shape index (κ3) is 4.52. The molecular formula is C14H15BrN2O3S. The summed E-state index contributed by atoms with van der Waals surface area (Å²) in [4.78, 5) is 11.7. The lowest BCUT2D eigenvalue weighted by Crippen LogP contribution is -2.17. The van der Waals surface area contributed by atoms with Crippen molar-refractivity contribution >= 4 is 33.0 Å². The first-order valence-corrected chi connectivity index (χ1v) is 7.97. The van der Waals surface area contributed by atoms with E-state index in [9.17, 15) is 10.1 Å². The molecule has 0 saturated carbocycles. The molecule has 2 aromatic rings. The van der Waals surface area contributed by atoms with Crippen molar-refractivity contribution in [2.75, 3.05) is 13.7 Å². The fraction of sp³-hybridized carbons (Fsp3) is 0.286. The number of nitrogens with zero attached hydrogens (tertiary/aromatic N) is 1. The highest BCUT2D eigenvalue weighted by Gasteiger charge is 2.10. The molecule has 0 atom stereocenters. The van der Waals surface area contributed by atoms with Crippen LogP contribution in [0.2, 0.25) is 0 Å². The molecule has 0 radical (unpaired) electrons. The number of halogens is 1. The molecule has 0 unspecified atom stereocenters. The molecule has 7 heteroatoms. The third-order valence-electron chi connectivity index (χ3n) is 2.97. The van der Waals surface area contributed by atoms with E-state index in [0.717, 1.165) is 22.3 Å². The maximum absolute atomic E-state index is 10.8. The minimum absolute atomic E-state index is 0.0785. The normalized spacial score (nSPS) is 10.6. The van der Waals surface area contributed by atoms with Crippen molar-refractivity contribution in [1.29, 1.82) is 0 Å². The summed E-state index contributed by atoms with van der Waals surface area (Å²) in [5, 5.41) is 14.1. The average molecular weight is 371 g/mol. The lowest BCUT2D eigenvalue weighted by molar-refractivity contribution is -0.384. The summed E-state index contributed by atoms with van der Waals surface area (Å²) in [7, 11) is 1.56. The van der Waals surface area contributed by atoms with Gasteiger partial charge in [0.05, 0.1) is 15.8 Å². The van der Waals surface area contributed by atoms with Gasteiger partial charge in [0.25, 0.3) is 5.69 Å². The predicted molar refractivity (Wildman–Crippen MR) is 87.1 cm³/mol. The van der Waals surface area contributed by atoms with Crippen molar-refractivity contribution in [2.45, 2.75) is 13.0 Å². The molecule has 1 heterocycles. The van der Waals surface area contributed by atoms with E-state index in [1.165, 1.54) is 10.9 Å². The summed E-state index contributed by atoms with van der Waals surface area (Å²) in [5.74, 6) is 0.659. The lowest BCUT2D eigenvalue weighted by atomic mass is 10.1. The van der Waals surface area contributed by atoms with Gasteiger partial charge >= 0.3 is 0 Å². The van der Waals surface area contributed by atoms with Crippen LogP contribution in [-0.4, -0.2) is 18.6 Å². The van der Waals surface area contributed by atoms with Crippen molar-refractivity contribution in [3.05, 3.63) is 54.7 Å². The smallest absolute Gasteiger partial charge is 0.270 e. The van der Waals surface area contributed by atoms with E-state index in [1.54, 1.807) is 30.6 Å². The number of thiophene rings is 1. The molecule has 0 saturated heterocycles. The second-order valence-electron chi connectivity index (χ2n) is 4.39. The largest absolute Gasteiger partial charge is 0.496 e. The zero-order valence-corrected chi connectivity index (χ0v) is 13.9. The van der Waals surface area contributed by atoms with Gasteiger partial charge in [-0.2, -0.15) is 0 Å². The van der Waals surface area contributed by atoms with Gasteiger partial charge < -0.3 is 10.1 Å². The number of nitro benzene ring substituents is 1. The van der Waals surface area contributed by atoms with Crippen LogP contribution >= 0.6 is 27.3 Å². The van der Waals surface area contributed by atoms with E-state index in [-0.39, 0.29) is 5.69 Å². The Kier molecular flexibility index (Phi) is 5.72. The van der Waals surface area contributed by atoms with Crippen LogP contribution in [0.3, 0.4) is 0 Å². The number of hydrogen-bond acceptors (Lipinski definition) is 5. The fourth-order valence-electron chi connectivity index (χ4n) is 1.94. The topological polar surface area (TPSA) is 64.4 Å². The summed E-state index contributed by atoms with van der Waals surface area (Å²) in [5.41, 5.74) is 0.869. The number of nitrogens with one attached hydrogen (secondary N) is 1. The molecule has 1 aromatic carbocycles. The average Bonchev–Trinajstić information content (AvgIpc) is 2.89. The Labute approximate surface area is 135 Å². The minimum Gasteiger partial charge on any atom is -0.496 e. The van der Waals surface area contributed by atoms with Crippen LogP contribution in [0.1, 0.15) is 10.4 Å². The van der Waals surface area contributed by atoms with Crippen LogP contribution in [0.15, 0.2) is 34.1 Å². The monoisotopic (exact) mass is 370 g/mol. The molecule has 1 aromatic heterocycles. The highest BCUT2D eigenvalue weighted by molar-refractivity contribution is 9.11. The molecule has 0 aliphatic heterocycles. The Morgan fingerprint density at radius 1 is 1.38 bits per heavy atom. The molecule has 112 valence electrons. The van der Waals surface area contributed by atoms with Crippen LogP contribution < -0.4 is 10.1 Å². The molecule has 0 spiro atoms. The zero-order chi connectivity index (χ0) is 15.2. The molecule has 0 aliphatic rings. The van der Waals surface area contributed by atoms with Gasteiger partial charge in [-0.3, -0.25) is 10.1 Å². The molecular weight excluding hydrogens is 356 g/mol. The summed E-state index contributed by atoms with van der Waals surface area (Å²) in [6.45, 7) is 1.34. The minimum atomic E-state index is -0.397. The molecule has 5 nitrogen and oxygen atoms in total. The van der Waals surface area contributed by atoms with Gasteiger partial charge in [0.15, 0.2) is 0 Å². The number of non-ortho nitro benzene ring substituents is 1. The standard InChI is InChI=1S/C14H15BrN2O3S/c1-20-13-4-2-11(17(18)19)8-10(13)9-16-7-6-12-3-5-14(15)21-12/h2-5,8,16H,6-7,9H2,1H3. The Hall–Kier alpha value is -1.44. The van der Waals surface area contributed by atoms with Gasteiger partial charge in [-0.1, -0.05) is 0 Å². The van der Waals surface area contributed by atoms with E-state index in [4.69, 9.17) is 4.74 Å². The van der Waals surface area contributed by atoms with Gasteiger partial charge in [-0.25, -0.2) is 0 Å². The van der Waals surface area contributed by atoms with Crippen molar-refractivity contribution in [2.24, 2.45) is 0 Å². The second-order valence-corrected chi connectivity index (χ2v) is 6.93. The number of hydrogen-bond donors (Lipinski definition) is 1. The highest BCUT2D eigenvalue weighted by atomic mass is 79.9. The maximum Gasteiger partial charge on any atom is 0.270 e. The van der Waals surface area contributed by atoms with Crippen LogP contribution in [0, 0.1) is 10.1 Å². The second kappa shape index (κ2) is 7.53. The number of ether oxygens (including phenoxy) is 1. The third-order valence-corrected chi connectivity index (χ3v) is 4.65. The molecule has 0 bridgehead atoms. The molecule has 21 heavy (non-hydrogen) atoms. The van der Waals surface area contributed by atoms with Gasteiger partial charge in [0, 0.05) is 35.7 Å². The summed E-state index contributed by atoms with van der Waals surface area (Å²) >= 11 is 5.15. The molecule has 1 N–H and O–H groups in total. The maximum atomic E-state index is 10.8. The Morgan fingerprint density at radius 2 is 2.19 bits per heavy atom. The summed E-state index contributed by atoms with van der Waals surface area (Å²) in [6, 6.07) is 8.75. The van der Waals surface area contributed by atoms with Crippen LogP contribution in [0.25, 0.3) is 0 Å². The van der Waals surface area contributed by atoms with Crippen molar-refractivity contribution in [1.82, 2.24) is 5.32 Å². The molecule has 0 amide bonds. The van der Waals surface area contributed by atoms with E-state index in [0.29, 0.717) is 12.3 Å². The van der Waals surface area contributed by atoms with Gasteiger partial charge in [-0.05, 0) is 40.5 Å². The van der Waals surface area contributed by atoms with E-state index < -0.39 is 4.92 Å². The van der Waals surface area contributed by atoms with Gasteiger partial charge in [0.1, 0.15) is 5.75 Å². The van der Waals surface area contributed by atoms with Crippen LogP contribution in [-0.2, 0) is 13.0 Å². The van der Waals surface area contributed by atoms with Crippen molar-refractivity contribution < 1.29 is 9.66 Å². The first-order chi connectivity index (χ1) is 10.1. The first kappa shape index (κ1) is 15.9. The predicted octanol–water partition coefficient (Wildman–Crippen LogP) is 3.76. The van der Waals surface area contributed by atoms with Crippen molar-refractivity contribution in [3.8, 4) is 5.75 Å². The van der Waals surface area contributed by atoms with E-state index in [1.807, 2.05) is 6.07 Å². The summed E-state index contributed by atoms with van der Waals surface area (Å²) in [6.07, 6.45) is 0.924. The van der Waals surface area contributed by atoms with Crippen LogP contribution in [0.4, 0.5) is 5.69 Å². The zero-order valence-electron chi connectivity index (χ0n) is 11.5. The first-order valence-electron chi connectivity index (χ1n) is 6.36. The lowest BCUT2D eigenvalue weighted by Gasteiger charge is -2.09. The Morgan fingerprint density at radius 3 is 2.81 bits per heavy atom. The number of rotatable bonds is 7.